The summed E-state index contributed by atoms with van der Waals surface area (Å²) in [6.45, 7) is 1.42. The van der Waals surface area contributed by atoms with Gasteiger partial charge in [-0.1, -0.05) is 18.2 Å². The number of hydrogen-bond acceptors (Lipinski definition) is 5. The first-order valence-corrected chi connectivity index (χ1v) is 7.14. The molecule has 0 heterocycles. The molecule has 2 aromatic rings. The summed E-state index contributed by atoms with van der Waals surface area (Å²) < 4.78 is 5.10. The van der Waals surface area contributed by atoms with E-state index in [2.05, 4.69) is 5.32 Å². The largest absolute Gasteiger partial charge is 0.449 e. The number of nitrogen functional groups attached to an aromatic ring is 1. The number of para-hydroxylation sites is 1. The molecular weight excluding hydrogens is 310 g/mol. The van der Waals surface area contributed by atoms with Gasteiger partial charge in [-0.05, 0) is 37.3 Å². The minimum atomic E-state index is -1.07. The van der Waals surface area contributed by atoms with Gasteiger partial charge in [-0.2, -0.15) is 0 Å². The Morgan fingerprint density at radius 1 is 1.08 bits per heavy atom. The first-order chi connectivity index (χ1) is 11.4. The second-order valence-corrected chi connectivity index (χ2v) is 5.07. The zero-order valence-corrected chi connectivity index (χ0v) is 13.0. The monoisotopic (exact) mass is 327 g/mol. The maximum atomic E-state index is 12.2. The van der Waals surface area contributed by atoms with Crippen LogP contribution in [0.15, 0.2) is 48.5 Å². The molecule has 7 heteroatoms. The summed E-state index contributed by atoms with van der Waals surface area (Å²) in [5, 5.41) is 2.52. The molecule has 1 unspecified atom stereocenters. The van der Waals surface area contributed by atoms with Crippen molar-refractivity contribution in [2.45, 2.75) is 13.0 Å². The first-order valence-electron chi connectivity index (χ1n) is 7.14. The van der Waals surface area contributed by atoms with Crippen LogP contribution >= 0.6 is 0 Å². The summed E-state index contributed by atoms with van der Waals surface area (Å²) in [5.41, 5.74) is 11.9. The standard InChI is InChI=1S/C17H17N3O4/c1-10(24-17(23)11-5-4-6-12(18)9-11)16(22)20-14-8-3-2-7-13(14)15(19)21/h2-10H,18H2,1H3,(H2,19,21)(H,20,22). The molecule has 0 fully saturated rings. The number of nitrogens with one attached hydrogen (secondary N) is 1. The van der Waals surface area contributed by atoms with Gasteiger partial charge in [-0.3, -0.25) is 9.59 Å². The molecule has 2 aromatic carbocycles. The normalized spacial score (nSPS) is 11.4. The smallest absolute Gasteiger partial charge is 0.338 e. The number of nitrogens with two attached hydrogens (primary N) is 2. The third-order valence-electron chi connectivity index (χ3n) is 3.23. The maximum absolute atomic E-state index is 12.2. The summed E-state index contributed by atoms with van der Waals surface area (Å²) in [6, 6.07) is 12.5. The van der Waals surface area contributed by atoms with Crippen molar-refractivity contribution in [1.82, 2.24) is 0 Å². The average molecular weight is 327 g/mol. The summed E-state index contributed by atoms with van der Waals surface area (Å²) in [5.74, 6) is -1.93. The van der Waals surface area contributed by atoms with E-state index in [-0.39, 0.29) is 16.8 Å². The van der Waals surface area contributed by atoms with Gasteiger partial charge in [-0.15, -0.1) is 0 Å². The lowest BCUT2D eigenvalue weighted by Gasteiger charge is -2.15. The Morgan fingerprint density at radius 2 is 1.79 bits per heavy atom. The summed E-state index contributed by atoms with van der Waals surface area (Å²) in [7, 11) is 0. The second kappa shape index (κ2) is 7.28. The number of rotatable bonds is 5. The van der Waals surface area contributed by atoms with Gasteiger partial charge in [0.15, 0.2) is 6.10 Å². The number of anilines is 2. The molecule has 1 atom stereocenters. The molecule has 2 rings (SSSR count). The Hall–Kier alpha value is -3.35. The Bertz CT molecular complexity index is 789. The van der Waals surface area contributed by atoms with E-state index in [1.807, 2.05) is 0 Å². The highest BCUT2D eigenvalue weighted by Crippen LogP contribution is 2.15. The van der Waals surface area contributed by atoms with Crippen LogP contribution in [-0.4, -0.2) is 23.9 Å². The van der Waals surface area contributed by atoms with Crippen molar-refractivity contribution < 1.29 is 19.1 Å². The molecule has 0 bridgehead atoms. The Balaban J connectivity index is 2.05. The molecule has 0 saturated heterocycles. The number of amides is 2. The van der Waals surface area contributed by atoms with E-state index >= 15 is 0 Å². The van der Waals surface area contributed by atoms with Crippen molar-refractivity contribution in [3.63, 3.8) is 0 Å². The van der Waals surface area contributed by atoms with Crippen LogP contribution in [0.5, 0.6) is 0 Å². The van der Waals surface area contributed by atoms with Crippen molar-refractivity contribution in [3.05, 3.63) is 59.7 Å². The van der Waals surface area contributed by atoms with E-state index in [1.54, 1.807) is 24.3 Å². The molecule has 0 aromatic heterocycles. The number of esters is 1. The molecule has 24 heavy (non-hydrogen) atoms. The Kier molecular flexibility index (Phi) is 5.16. The van der Waals surface area contributed by atoms with E-state index in [9.17, 15) is 14.4 Å². The Labute approximate surface area is 138 Å². The number of carbonyl (C=O) groups is 3. The molecular formula is C17H17N3O4. The number of ether oxygens (including phenoxy) is 1. The Morgan fingerprint density at radius 3 is 2.46 bits per heavy atom. The number of primary amides is 1. The lowest BCUT2D eigenvalue weighted by atomic mass is 10.1. The van der Waals surface area contributed by atoms with Gasteiger partial charge < -0.3 is 21.5 Å². The van der Waals surface area contributed by atoms with Crippen LogP contribution in [-0.2, 0) is 9.53 Å². The molecule has 0 radical (unpaired) electrons. The van der Waals surface area contributed by atoms with E-state index < -0.39 is 23.9 Å². The quantitative estimate of drug-likeness (QED) is 0.567. The molecule has 0 saturated carbocycles. The molecule has 0 spiro atoms. The third kappa shape index (κ3) is 4.10. The van der Waals surface area contributed by atoms with Crippen LogP contribution in [0.1, 0.15) is 27.6 Å². The lowest BCUT2D eigenvalue weighted by Crippen LogP contribution is -2.31. The van der Waals surface area contributed by atoms with E-state index in [0.29, 0.717) is 5.69 Å². The van der Waals surface area contributed by atoms with Crippen LogP contribution in [0.2, 0.25) is 0 Å². The zero-order chi connectivity index (χ0) is 17.7. The van der Waals surface area contributed by atoms with Crippen molar-refractivity contribution in [2.75, 3.05) is 11.1 Å². The fraction of sp³-hybridized carbons (Fsp3) is 0.118. The fourth-order valence-electron chi connectivity index (χ4n) is 1.99. The second-order valence-electron chi connectivity index (χ2n) is 5.07. The molecule has 0 aliphatic heterocycles. The SMILES string of the molecule is CC(OC(=O)c1cccc(N)c1)C(=O)Nc1ccccc1C(N)=O. The topological polar surface area (TPSA) is 125 Å². The fourth-order valence-corrected chi connectivity index (χ4v) is 1.99. The van der Waals surface area contributed by atoms with Crippen LogP contribution in [0.25, 0.3) is 0 Å². The highest BCUT2D eigenvalue weighted by Gasteiger charge is 2.20. The molecule has 0 aliphatic carbocycles. The number of benzene rings is 2. The zero-order valence-electron chi connectivity index (χ0n) is 13.0. The third-order valence-corrected chi connectivity index (χ3v) is 3.23. The van der Waals surface area contributed by atoms with E-state index in [1.165, 1.54) is 31.2 Å². The van der Waals surface area contributed by atoms with Gasteiger partial charge in [0.25, 0.3) is 11.8 Å². The first kappa shape index (κ1) is 17.0. The van der Waals surface area contributed by atoms with Crippen molar-refractivity contribution in [2.24, 2.45) is 5.73 Å². The lowest BCUT2D eigenvalue weighted by molar-refractivity contribution is -0.123. The average Bonchev–Trinajstić information content (AvgIpc) is 2.55. The predicted octanol–water partition coefficient (Wildman–Crippen LogP) is 1.55. The van der Waals surface area contributed by atoms with Gasteiger partial charge >= 0.3 is 5.97 Å². The number of carbonyl (C=O) groups excluding carboxylic acids is 3. The molecule has 5 N–H and O–H groups in total. The van der Waals surface area contributed by atoms with Gasteiger partial charge in [0.2, 0.25) is 0 Å². The van der Waals surface area contributed by atoms with Gasteiger partial charge in [0.05, 0.1) is 16.8 Å². The van der Waals surface area contributed by atoms with Gasteiger partial charge in [-0.25, -0.2) is 4.79 Å². The van der Waals surface area contributed by atoms with E-state index in [0.717, 1.165) is 0 Å². The van der Waals surface area contributed by atoms with Gasteiger partial charge in [0.1, 0.15) is 0 Å². The molecule has 124 valence electrons. The highest BCUT2D eigenvalue weighted by molar-refractivity contribution is 6.04. The van der Waals surface area contributed by atoms with Crippen molar-refractivity contribution in [1.29, 1.82) is 0 Å². The summed E-state index contributed by atoms with van der Waals surface area (Å²) in [6.07, 6.45) is -1.07. The van der Waals surface area contributed by atoms with Crippen LogP contribution < -0.4 is 16.8 Å². The minimum Gasteiger partial charge on any atom is -0.449 e. The molecule has 7 nitrogen and oxygen atoms in total. The molecule has 2 amide bonds. The van der Waals surface area contributed by atoms with Crippen molar-refractivity contribution in [3.8, 4) is 0 Å². The number of hydrogen-bond donors (Lipinski definition) is 3. The van der Waals surface area contributed by atoms with E-state index in [4.69, 9.17) is 16.2 Å². The predicted molar refractivity (Wildman–Crippen MR) is 89.3 cm³/mol. The van der Waals surface area contributed by atoms with Crippen LogP contribution in [0.4, 0.5) is 11.4 Å². The molecule has 0 aliphatic rings. The van der Waals surface area contributed by atoms with Gasteiger partial charge in [0, 0.05) is 5.69 Å². The summed E-state index contributed by atoms with van der Waals surface area (Å²) >= 11 is 0. The minimum absolute atomic E-state index is 0.167. The maximum Gasteiger partial charge on any atom is 0.338 e. The highest BCUT2D eigenvalue weighted by atomic mass is 16.5. The van der Waals surface area contributed by atoms with Crippen LogP contribution in [0, 0.1) is 0 Å². The summed E-state index contributed by atoms with van der Waals surface area (Å²) in [4.78, 5) is 35.5. The van der Waals surface area contributed by atoms with Crippen LogP contribution in [0.3, 0.4) is 0 Å². The van der Waals surface area contributed by atoms with Crippen molar-refractivity contribution >= 4 is 29.2 Å².